The minimum absolute atomic E-state index is 0.0755. The standard InChI is InChI=1S/C7H9NO5/c1-13-6(10)4-2-3-5(9)8(4)7(11)12/h4H,2-3H2,1H3,(H,11,12). The van der Waals surface area contributed by atoms with Crippen LogP contribution in [0.5, 0.6) is 0 Å². The van der Waals surface area contributed by atoms with Gasteiger partial charge in [-0.05, 0) is 6.42 Å². The molecule has 1 unspecified atom stereocenters. The van der Waals surface area contributed by atoms with Crippen molar-refractivity contribution in [3.63, 3.8) is 0 Å². The number of amides is 2. The van der Waals surface area contributed by atoms with Gasteiger partial charge in [-0.25, -0.2) is 14.5 Å². The molecule has 1 aliphatic heterocycles. The van der Waals surface area contributed by atoms with E-state index in [0.29, 0.717) is 4.90 Å². The molecule has 0 spiro atoms. The van der Waals surface area contributed by atoms with Crippen LogP contribution in [0.3, 0.4) is 0 Å². The van der Waals surface area contributed by atoms with Crippen LogP contribution < -0.4 is 0 Å². The molecule has 1 N–H and O–H groups in total. The Hall–Kier alpha value is -1.59. The summed E-state index contributed by atoms with van der Waals surface area (Å²) in [4.78, 5) is 33.0. The van der Waals surface area contributed by atoms with E-state index in [1.165, 1.54) is 0 Å². The average molecular weight is 187 g/mol. The molecule has 0 saturated carbocycles. The first-order chi connectivity index (χ1) is 6.07. The van der Waals surface area contributed by atoms with Crippen LogP contribution in [0.1, 0.15) is 12.8 Å². The number of methoxy groups -OCH3 is 1. The zero-order valence-corrected chi connectivity index (χ0v) is 7.02. The lowest BCUT2D eigenvalue weighted by Crippen LogP contribution is -2.42. The maximum Gasteiger partial charge on any atom is 0.414 e. The predicted octanol–water partition coefficient (Wildman–Crippen LogP) is -0.172. The van der Waals surface area contributed by atoms with E-state index in [-0.39, 0.29) is 12.8 Å². The first-order valence-corrected chi connectivity index (χ1v) is 3.70. The van der Waals surface area contributed by atoms with Gasteiger partial charge >= 0.3 is 12.1 Å². The quantitative estimate of drug-likeness (QED) is 0.576. The molecule has 0 radical (unpaired) electrons. The van der Waals surface area contributed by atoms with Gasteiger partial charge in [0.25, 0.3) is 0 Å². The normalized spacial score (nSPS) is 21.8. The van der Waals surface area contributed by atoms with E-state index in [1.54, 1.807) is 0 Å². The number of nitrogens with zero attached hydrogens (tertiary/aromatic N) is 1. The van der Waals surface area contributed by atoms with Crippen molar-refractivity contribution in [2.24, 2.45) is 0 Å². The van der Waals surface area contributed by atoms with Crippen molar-refractivity contribution >= 4 is 18.0 Å². The van der Waals surface area contributed by atoms with Gasteiger partial charge < -0.3 is 9.84 Å². The van der Waals surface area contributed by atoms with Gasteiger partial charge in [-0.1, -0.05) is 0 Å². The van der Waals surface area contributed by atoms with Crippen LogP contribution in [0.4, 0.5) is 4.79 Å². The average Bonchev–Trinajstić information content (AvgIpc) is 2.45. The number of carboxylic acid groups (broad SMARTS) is 1. The van der Waals surface area contributed by atoms with Gasteiger partial charge in [-0.2, -0.15) is 0 Å². The van der Waals surface area contributed by atoms with E-state index in [0.717, 1.165) is 7.11 Å². The molecule has 72 valence electrons. The fourth-order valence-corrected chi connectivity index (χ4v) is 1.28. The summed E-state index contributed by atoms with van der Waals surface area (Å²) in [6, 6.07) is -0.963. The number of hydrogen-bond acceptors (Lipinski definition) is 4. The molecule has 0 bridgehead atoms. The van der Waals surface area contributed by atoms with E-state index in [2.05, 4.69) is 4.74 Å². The van der Waals surface area contributed by atoms with Crippen LogP contribution in [0.15, 0.2) is 0 Å². The van der Waals surface area contributed by atoms with Crippen LogP contribution in [-0.4, -0.2) is 41.1 Å². The summed E-state index contributed by atoms with van der Waals surface area (Å²) < 4.78 is 4.37. The lowest BCUT2D eigenvalue weighted by Gasteiger charge is -2.16. The summed E-state index contributed by atoms with van der Waals surface area (Å²) in [6.07, 6.45) is -1.12. The van der Waals surface area contributed by atoms with Gasteiger partial charge in [0.05, 0.1) is 7.11 Å². The number of likely N-dealkylation sites (tertiary alicyclic amines) is 1. The second-order valence-electron chi connectivity index (χ2n) is 2.62. The molecular weight excluding hydrogens is 178 g/mol. The first kappa shape index (κ1) is 9.50. The van der Waals surface area contributed by atoms with Gasteiger partial charge in [0.2, 0.25) is 5.91 Å². The molecule has 1 rings (SSSR count). The molecule has 6 heteroatoms. The van der Waals surface area contributed by atoms with Crippen molar-refractivity contribution in [1.29, 1.82) is 0 Å². The molecule has 0 aromatic heterocycles. The zero-order chi connectivity index (χ0) is 10.0. The van der Waals surface area contributed by atoms with Crippen LogP contribution in [0, 0.1) is 0 Å². The third-order valence-corrected chi connectivity index (χ3v) is 1.89. The lowest BCUT2D eigenvalue weighted by molar-refractivity contribution is -0.147. The Kier molecular flexibility index (Phi) is 2.50. The summed E-state index contributed by atoms with van der Waals surface area (Å²) in [6.45, 7) is 0. The summed E-state index contributed by atoms with van der Waals surface area (Å²) in [5.41, 5.74) is 0. The molecule has 1 fully saturated rings. The number of imide groups is 1. The van der Waals surface area contributed by atoms with Crippen molar-refractivity contribution in [3.05, 3.63) is 0 Å². The Balaban J connectivity index is 2.81. The number of ether oxygens (including phenoxy) is 1. The molecule has 6 nitrogen and oxygen atoms in total. The van der Waals surface area contributed by atoms with Gasteiger partial charge in [0, 0.05) is 6.42 Å². The molecule has 13 heavy (non-hydrogen) atoms. The van der Waals surface area contributed by atoms with Crippen molar-refractivity contribution in [1.82, 2.24) is 4.90 Å². The summed E-state index contributed by atoms with van der Waals surface area (Å²) in [7, 11) is 1.16. The Bertz CT molecular complexity index is 262. The number of carbonyl (C=O) groups is 3. The highest BCUT2D eigenvalue weighted by atomic mass is 16.5. The highest BCUT2D eigenvalue weighted by Crippen LogP contribution is 2.19. The molecule has 1 saturated heterocycles. The number of esters is 1. The Morgan fingerprint density at radius 1 is 1.62 bits per heavy atom. The minimum atomic E-state index is -1.40. The van der Waals surface area contributed by atoms with Crippen molar-refractivity contribution in [3.8, 4) is 0 Å². The van der Waals surface area contributed by atoms with E-state index < -0.39 is 24.0 Å². The SMILES string of the molecule is COC(=O)C1CCC(=O)N1C(=O)O. The van der Waals surface area contributed by atoms with Gasteiger partial charge in [-0.3, -0.25) is 4.79 Å². The Morgan fingerprint density at radius 3 is 2.69 bits per heavy atom. The summed E-state index contributed by atoms with van der Waals surface area (Å²) >= 11 is 0. The van der Waals surface area contributed by atoms with Gasteiger partial charge in [-0.15, -0.1) is 0 Å². The molecular formula is C7H9NO5. The number of rotatable bonds is 1. The van der Waals surface area contributed by atoms with E-state index >= 15 is 0 Å². The Morgan fingerprint density at radius 2 is 2.23 bits per heavy atom. The number of carbonyl (C=O) groups excluding carboxylic acids is 2. The molecule has 0 aliphatic carbocycles. The van der Waals surface area contributed by atoms with E-state index in [4.69, 9.17) is 5.11 Å². The molecule has 1 aliphatic rings. The lowest BCUT2D eigenvalue weighted by atomic mass is 10.2. The minimum Gasteiger partial charge on any atom is -0.467 e. The molecule has 0 aromatic rings. The highest BCUT2D eigenvalue weighted by Gasteiger charge is 2.40. The van der Waals surface area contributed by atoms with Crippen LogP contribution in [0.2, 0.25) is 0 Å². The van der Waals surface area contributed by atoms with Crippen LogP contribution >= 0.6 is 0 Å². The molecule has 1 atom stereocenters. The van der Waals surface area contributed by atoms with Gasteiger partial charge in [0.15, 0.2) is 0 Å². The van der Waals surface area contributed by atoms with Crippen molar-refractivity contribution in [2.75, 3.05) is 7.11 Å². The van der Waals surface area contributed by atoms with Crippen LogP contribution in [0.25, 0.3) is 0 Å². The molecule has 1 heterocycles. The second-order valence-corrected chi connectivity index (χ2v) is 2.62. The molecule has 0 aromatic carbocycles. The van der Waals surface area contributed by atoms with E-state index in [1.807, 2.05) is 0 Å². The van der Waals surface area contributed by atoms with Gasteiger partial charge in [0.1, 0.15) is 6.04 Å². The number of hydrogen-bond donors (Lipinski definition) is 1. The fourth-order valence-electron chi connectivity index (χ4n) is 1.28. The fraction of sp³-hybridized carbons (Fsp3) is 0.571. The van der Waals surface area contributed by atoms with Crippen molar-refractivity contribution in [2.45, 2.75) is 18.9 Å². The van der Waals surface area contributed by atoms with Crippen LogP contribution in [-0.2, 0) is 14.3 Å². The highest BCUT2D eigenvalue weighted by molar-refractivity contribution is 5.98. The third-order valence-electron chi connectivity index (χ3n) is 1.89. The molecule has 2 amide bonds. The third kappa shape index (κ3) is 1.61. The monoisotopic (exact) mass is 187 g/mol. The van der Waals surface area contributed by atoms with E-state index in [9.17, 15) is 14.4 Å². The Labute approximate surface area is 74.1 Å². The topological polar surface area (TPSA) is 83.9 Å². The smallest absolute Gasteiger partial charge is 0.414 e. The predicted molar refractivity (Wildman–Crippen MR) is 39.9 cm³/mol. The second kappa shape index (κ2) is 3.42. The zero-order valence-electron chi connectivity index (χ0n) is 7.02. The summed E-state index contributed by atoms with van der Waals surface area (Å²) in [5, 5.41) is 8.60. The largest absolute Gasteiger partial charge is 0.467 e. The first-order valence-electron chi connectivity index (χ1n) is 3.70. The van der Waals surface area contributed by atoms with Crippen molar-refractivity contribution < 1.29 is 24.2 Å². The maximum absolute atomic E-state index is 11.0. The summed E-state index contributed by atoms with van der Waals surface area (Å²) in [5.74, 6) is -1.24. The maximum atomic E-state index is 11.0.